The first-order chi connectivity index (χ1) is 8.99. The zero-order valence-electron chi connectivity index (χ0n) is 10.3. The summed E-state index contributed by atoms with van der Waals surface area (Å²) < 4.78 is 0. The van der Waals surface area contributed by atoms with Gasteiger partial charge in [-0.05, 0) is 36.8 Å². The number of anilines is 1. The lowest BCUT2D eigenvalue weighted by Gasteiger charge is -2.10. The number of phenols is 1. The Hall–Kier alpha value is -2.77. The minimum Gasteiger partial charge on any atom is -0.505 e. The first kappa shape index (κ1) is 12.7. The SMILES string of the molecule is CC(=O)c1cc(C)cc(NC(=O)c2nn[nH]n2)c1O. The molecule has 98 valence electrons. The number of aromatic hydroxyl groups is 1. The molecule has 0 saturated heterocycles. The highest BCUT2D eigenvalue weighted by molar-refractivity contribution is 6.05. The number of nitrogens with one attached hydrogen (secondary N) is 2. The number of nitrogens with zero attached hydrogens (tertiary/aromatic N) is 3. The van der Waals surface area contributed by atoms with E-state index in [4.69, 9.17) is 0 Å². The molecule has 1 aromatic heterocycles. The third-order valence-electron chi connectivity index (χ3n) is 2.43. The molecule has 0 atom stereocenters. The number of H-pyrrole nitrogens is 1. The van der Waals surface area contributed by atoms with Gasteiger partial charge in [-0.25, -0.2) is 0 Å². The number of aromatic amines is 1. The van der Waals surface area contributed by atoms with Crippen LogP contribution in [0.25, 0.3) is 0 Å². The Labute approximate surface area is 107 Å². The van der Waals surface area contributed by atoms with Crippen LogP contribution in [0.2, 0.25) is 0 Å². The van der Waals surface area contributed by atoms with Crippen LogP contribution in [0.1, 0.15) is 33.5 Å². The van der Waals surface area contributed by atoms with E-state index in [9.17, 15) is 14.7 Å². The third-order valence-corrected chi connectivity index (χ3v) is 2.43. The maximum Gasteiger partial charge on any atom is 0.297 e. The lowest BCUT2D eigenvalue weighted by atomic mass is 10.1. The molecule has 0 unspecified atom stereocenters. The summed E-state index contributed by atoms with van der Waals surface area (Å²) in [6, 6.07) is 3.08. The normalized spacial score (nSPS) is 10.2. The molecule has 0 aliphatic carbocycles. The van der Waals surface area contributed by atoms with Gasteiger partial charge in [-0.1, -0.05) is 0 Å². The molecule has 0 fully saturated rings. The summed E-state index contributed by atoms with van der Waals surface area (Å²) in [5, 5.41) is 24.8. The molecule has 2 rings (SSSR count). The minimum absolute atomic E-state index is 0.125. The van der Waals surface area contributed by atoms with E-state index in [1.807, 2.05) is 0 Å². The molecule has 8 heteroatoms. The molecule has 1 amide bonds. The standard InChI is InChI=1S/C11H11N5O3/c1-5-3-7(6(2)17)9(18)8(4-5)12-11(19)10-13-15-16-14-10/h3-4,18H,1-2H3,(H,12,19)(H,13,14,15,16). The number of tetrazole rings is 1. The second kappa shape index (κ2) is 4.84. The number of carbonyl (C=O) groups is 2. The molecule has 0 bridgehead atoms. The Morgan fingerprint density at radius 2 is 2.11 bits per heavy atom. The van der Waals surface area contributed by atoms with E-state index in [1.54, 1.807) is 19.1 Å². The quantitative estimate of drug-likeness (QED) is 0.551. The van der Waals surface area contributed by atoms with Crippen molar-refractivity contribution in [1.29, 1.82) is 0 Å². The molecule has 3 N–H and O–H groups in total. The van der Waals surface area contributed by atoms with Gasteiger partial charge in [-0.2, -0.15) is 5.21 Å². The van der Waals surface area contributed by atoms with E-state index in [0.29, 0.717) is 0 Å². The van der Waals surface area contributed by atoms with Gasteiger partial charge in [-0.15, -0.1) is 10.2 Å². The summed E-state index contributed by atoms with van der Waals surface area (Å²) in [5.41, 5.74) is 0.995. The van der Waals surface area contributed by atoms with Crippen LogP contribution >= 0.6 is 0 Å². The van der Waals surface area contributed by atoms with E-state index < -0.39 is 5.91 Å². The van der Waals surface area contributed by atoms with Crippen LogP contribution < -0.4 is 5.32 Å². The number of phenolic OH excluding ortho intramolecular Hbond substituents is 1. The topological polar surface area (TPSA) is 121 Å². The fraction of sp³-hybridized carbons (Fsp3) is 0.182. The van der Waals surface area contributed by atoms with Gasteiger partial charge in [0.1, 0.15) is 5.75 Å². The second-order valence-corrected chi connectivity index (χ2v) is 3.95. The number of ketones is 1. The molecule has 0 aliphatic rings. The number of Topliss-reactive ketones (excluding diaryl/α,β-unsaturated/α-hetero) is 1. The van der Waals surface area contributed by atoms with E-state index in [0.717, 1.165) is 5.56 Å². The van der Waals surface area contributed by atoms with Gasteiger partial charge < -0.3 is 10.4 Å². The van der Waals surface area contributed by atoms with Gasteiger partial charge in [0.15, 0.2) is 5.78 Å². The summed E-state index contributed by atoms with van der Waals surface area (Å²) >= 11 is 0. The lowest BCUT2D eigenvalue weighted by Crippen LogP contribution is -2.14. The van der Waals surface area contributed by atoms with E-state index in [-0.39, 0.29) is 28.6 Å². The second-order valence-electron chi connectivity index (χ2n) is 3.95. The minimum atomic E-state index is -0.635. The number of benzene rings is 1. The number of rotatable bonds is 3. The highest BCUT2D eigenvalue weighted by Gasteiger charge is 2.17. The van der Waals surface area contributed by atoms with E-state index in [1.165, 1.54) is 6.92 Å². The highest BCUT2D eigenvalue weighted by Crippen LogP contribution is 2.29. The van der Waals surface area contributed by atoms with Crippen LogP contribution in [0.4, 0.5) is 5.69 Å². The van der Waals surface area contributed by atoms with Crippen molar-refractivity contribution in [2.75, 3.05) is 5.32 Å². The van der Waals surface area contributed by atoms with Crippen molar-refractivity contribution in [3.63, 3.8) is 0 Å². The number of aromatic nitrogens is 4. The predicted molar refractivity (Wildman–Crippen MR) is 65.0 cm³/mol. The first-order valence-corrected chi connectivity index (χ1v) is 5.38. The van der Waals surface area contributed by atoms with E-state index >= 15 is 0 Å². The van der Waals surface area contributed by atoms with Crippen molar-refractivity contribution >= 4 is 17.4 Å². The molecule has 1 heterocycles. The largest absolute Gasteiger partial charge is 0.505 e. The molecule has 2 aromatic rings. The van der Waals surface area contributed by atoms with Crippen molar-refractivity contribution in [3.8, 4) is 5.75 Å². The van der Waals surface area contributed by atoms with Gasteiger partial charge in [0, 0.05) is 0 Å². The molecule has 19 heavy (non-hydrogen) atoms. The molecule has 8 nitrogen and oxygen atoms in total. The number of amides is 1. The predicted octanol–water partition coefficient (Wildman–Crippen LogP) is 0.669. The van der Waals surface area contributed by atoms with Crippen LogP contribution in [0, 0.1) is 6.92 Å². The van der Waals surface area contributed by atoms with Gasteiger partial charge in [-0.3, -0.25) is 9.59 Å². The maximum atomic E-state index is 11.7. The summed E-state index contributed by atoms with van der Waals surface area (Å²) in [6.45, 7) is 3.08. The summed E-state index contributed by atoms with van der Waals surface area (Å²) in [4.78, 5) is 23.1. The molecule has 0 spiro atoms. The Bertz CT molecular complexity index is 636. The number of aryl methyl sites for hydroxylation is 1. The maximum absolute atomic E-state index is 11.7. The van der Waals surface area contributed by atoms with E-state index in [2.05, 4.69) is 25.9 Å². The lowest BCUT2D eigenvalue weighted by molar-refractivity contribution is 0.1000. The Balaban J connectivity index is 2.35. The average molecular weight is 261 g/mol. The monoisotopic (exact) mass is 261 g/mol. The Morgan fingerprint density at radius 1 is 1.37 bits per heavy atom. The molecule has 1 aromatic carbocycles. The highest BCUT2D eigenvalue weighted by atomic mass is 16.3. The Kier molecular flexibility index (Phi) is 3.23. The molecular weight excluding hydrogens is 250 g/mol. The first-order valence-electron chi connectivity index (χ1n) is 5.38. The zero-order valence-corrected chi connectivity index (χ0v) is 10.3. The van der Waals surface area contributed by atoms with Gasteiger partial charge in [0.25, 0.3) is 11.7 Å². The van der Waals surface area contributed by atoms with Crippen LogP contribution in [0.15, 0.2) is 12.1 Å². The molecule has 0 aliphatic heterocycles. The van der Waals surface area contributed by atoms with Crippen LogP contribution in [-0.2, 0) is 0 Å². The third kappa shape index (κ3) is 2.57. The zero-order chi connectivity index (χ0) is 14.0. The van der Waals surface area contributed by atoms with Crippen molar-refractivity contribution in [2.45, 2.75) is 13.8 Å². The van der Waals surface area contributed by atoms with Crippen molar-refractivity contribution in [2.24, 2.45) is 0 Å². The summed E-state index contributed by atoms with van der Waals surface area (Å²) in [7, 11) is 0. The van der Waals surface area contributed by atoms with Crippen molar-refractivity contribution < 1.29 is 14.7 Å². The van der Waals surface area contributed by atoms with Gasteiger partial charge in [0.2, 0.25) is 0 Å². The molecular formula is C11H11N5O3. The van der Waals surface area contributed by atoms with Gasteiger partial charge >= 0.3 is 0 Å². The average Bonchev–Trinajstić information content (AvgIpc) is 2.86. The number of carbonyl (C=O) groups excluding carboxylic acids is 2. The molecule has 0 saturated carbocycles. The molecule has 0 radical (unpaired) electrons. The number of hydrogen-bond donors (Lipinski definition) is 3. The van der Waals surface area contributed by atoms with Crippen LogP contribution in [0.3, 0.4) is 0 Å². The number of hydrogen-bond acceptors (Lipinski definition) is 6. The fourth-order valence-electron chi connectivity index (χ4n) is 1.58. The smallest absolute Gasteiger partial charge is 0.297 e. The van der Waals surface area contributed by atoms with Gasteiger partial charge in [0.05, 0.1) is 11.3 Å². The van der Waals surface area contributed by atoms with Crippen LogP contribution in [0.5, 0.6) is 5.75 Å². The fourth-order valence-corrected chi connectivity index (χ4v) is 1.58. The Morgan fingerprint density at radius 3 is 2.68 bits per heavy atom. The van der Waals surface area contributed by atoms with Crippen LogP contribution in [-0.4, -0.2) is 37.4 Å². The van der Waals surface area contributed by atoms with Crippen molar-refractivity contribution in [1.82, 2.24) is 20.6 Å². The summed E-state index contributed by atoms with van der Waals surface area (Å²) in [5.74, 6) is -1.37. The van der Waals surface area contributed by atoms with Crippen molar-refractivity contribution in [3.05, 3.63) is 29.1 Å². The summed E-state index contributed by atoms with van der Waals surface area (Å²) in [6.07, 6.45) is 0.